The van der Waals surface area contributed by atoms with Gasteiger partial charge >= 0.3 is 11.9 Å². The standard InChI is InChI=1S/C17H23ClN2O4/c1-4-23-16(21)12-6-7-13(18)19-15(12)14(17(22)24-5-2)11-8-9-20(3)10-11/h6-7,11,14H,4-5,8-10H2,1-3H3. The summed E-state index contributed by atoms with van der Waals surface area (Å²) in [6.45, 7) is 5.63. The van der Waals surface area contributed by atoms with Gasteiger partial charge in [-0.1, -0.05) is 11.6 Å². The first kappa shape index (κ1) is 18.7. The van der Waals surface area contributed by atoms with Gasteiger partial charge in [0.15, 0.2) is 0 Å². The lowest BCUT2D eigenvalue weighted by Crippen LogP contribution is -2.29. The minimum absolute atomic E-state index is 0.0215. The van der Waals surface area contributed by atoms with Gasteiger partial charge in [0.25, 0.3) is 0 Å². The molecule has 0 saturated carbocycles. The summed E-state index contributed by atoms with van der Waals surface area (Å²) in [6, 6.07) is 3.09. The molecule has 1 aliphatic heterocycles. The van der Waals surface area contributed by atoms with Gasteiger partial charge < -0.3 is 14.4 Å². The lowest BCUT2D eigenvalue weighted by molar-refractivity contribution is -0.146. The third kappa shape index (κ3) is 4.24. The highest BCUT2D eigenvalue weighted by molar-refractivity contribution is 6.29. The van der Waals surface area contributed by atoms with Crippen LogP contribution in [0.15, 0.2) is 12.1 Å². The number of carbonyl (C=O) groups excluding carboxylic acids is 2. The van der Waals surface area contributed by atoms with Gasteiger partial charge in [0.1, 0.15) is 11.1 Å². The molecule has 1 aromatic rings. The molecule has 24 heavy (non-hydrogen) atoms. The zero-order valence-corrected chi connectivity index (χ0v) is 15.0. The summed E-state index contributed by atoms with van der Waals surface area (Å²) in [4.78, 5) is 31.3. The molecule has 1 fully saturated rings. The summed E-state index contributed by atoms with van der Waals surface area (Å²) in [7, 11) is 2.00. The number of rotatable bonds is 6. The first-order valence-corrected chi connectivity index (χ1v) is 8.54. The maximum atomic E-state index is 12.6. The molecule has 0 aliphatic carbocycles. The largest absolute Gasteiger partial charge is 0.465 e. The van der Waals surface area contributed by atoms with Crippen molar-refractivity contribution in [2.45, 2.75) is 26.2 Å². The Bertz CT molecular complexity index is 608. The third-order valence-electron chi connectivity index (χ3n) is 4.12. The molecule has 7 heteroatoms. The Kier molecular flexibility index (Phi) is 6.57. The number of ether oxygens (including phenoxy) is 2. The number of aromatic nitrogens is 1. The van der Waals surface area contributed by atoms with Gasteiger partial charge in [-0.2, -0.15) is 0 Å². The molecule has 2 atom stereocenters. The van der Waals surface area contributed by atoms with Crippen molar-refractivity contribution in [2.24, 2.45) is 5.92 Å². The molecule has 0 radical (unpaired) electrons. The highest BCUT2D eigenvalue weighted by atomic mass is 35.5. The van der Waals surface area contributed by atoms with Crippen molar-refractivity contribution in [3.63, 3.8) is 0 Å². The van der Waals surface area contributed by atoms with E-state index in [2.05, 4.69) is 9.88 Å². The van der Waals surface area contributed by atoms with Crippen molar-refractivity contribution in [2.75, 3.05) is 33.4 Å². The predicted molar refractivity (Wildman–Crippen MR) is 90.2 cm³/mol. The number of likely N-dealkylation sites (tertiary alicyclic amines) is 1. The Morgan fingerprint density at radius 2 is 2.04 bits per heavy atom. The maximum Gasteiger partial charge on any atom is 0.340 e. The number of halogens is 1. The molecule has 132 valence electrons. The van der Waals surface area contributed by atoms with Crippen molar-refractivity contribution in [3.8, 4) is 0 Å². The van der Waals surface area contributed by atoms with E-state index in [9.17, 15) is 9.59 Å². The molecule has 0 bridgehead atoms. The normalized spacial score (nSPS) is 19.1. The van der Waals surface area contributed by atoms with Crippen LogP contribution in [0.1, 0.15) is 42.2 Å². The van der Waals surface area contributed by atoms with E-state index in [1.807, 2.05) is 7.05 Å². The fraction of sp³-hybridized carbons (Fsp3) is 0.588. The van der Waals surface area contributed by atoms with Crippen LogP contribution in [0, 0.1) is 5.92 Å². The fourth-order valence-corrected chi connectivity index (χ4v) is 3.22. The zero-order chi connectivity index (χ0) is 17.7. The van der Waals surface area contributed by atoms with Gasteiger partial charge in [0.2, 0.25) is 0 Å². The first-order valence-electron chi connectivity index (χ1n) is 8.16. The Hall–Kier alpha value is -1.66. The number of esters is 2. The predicted octanol–water partition coefficient (Wildman–Crippen LogP) is 2.51. The average Bonchev–Trinajstić information content (AvgIpc) is 2.94. The highest BCUT2D eigenvalue weighted by Crippen LogP contribution is 2.34. The summed E-state index contributed by atoms with van der Waals surface area (Å²) in [5.41, 5.74) is 0.619. The Morgan fingerprint density at radius 3 is 2.62 bits per heavy atom. The summed E-state index contributed by atoms with van der Waals surface area (Å²) in [6.07, 6.45) is 0.830. The van der Waals surface area contributed by atoms with Crippen molar-refractivity contribution >= 4 is 23.5 Å². The number of pyridine rings is 1. The minimum atomic E-state index is -0.631. The van der Waals surface area contributed by atoms with Crippen molar-refractivity contribution < 1.29 is 19.1 Å². The molecular formula is C17H23ClN2O4. The minimum Gasteiger partial charge on any atom is -0.465 e. The van der Waals surface area contributed by atoms with Crippen LogP contribution in [0.5, 0.6) is 0 Å². The SMILES string of the molecule is CCOC(=O)c1ccc(Cl)nc1C(C(=O)OCC)C1CCN(C)C1. The van der Waals surface area contributed by atoms with Crippen LogP contribution in [0.4, 0.5) is 0 Å². The number of carbonyl (C=O) groups is 2. The second kappa shape index (κ2) is 8.44. The second-order valence-electron chi connectivity index (χ2n) is 5.83. The smallest absolute Gasteiger partial charge is 0.340 e. The summed E-state index contributed by atoms with van der Waals surface area (Å²) in [5, 5.41) is 0.235. The van der Waals surface area contributed by atoms with E-state index in [1.54, 1.807) is 19.9 Å². The number of hydrogen-bond acceptors (Lipinski definition) is 6. The molecule has 2 heterocycles. The van der Waals surface area contributed by atoms with E-state index in [1.165, 1.54) is 6.07 Å². The van der Waals surface area contributed by atoms with E-state index in [4.69, 9.17) is 21.1 Å². The van der Waals surface area contributed by atoms with E-state index < -0.39 is 11.9 Å². The van der Waals surface area contributed by atoms with E-state index in [-0.39, 0.29) is 35.8 Å². The maximum absolute atomic E-state index is 12.6. The average molecular weight is 355 g/mol. The third-order valence-corrected chi connectivity index (χ3v) is 4.33. The number of hydrogen-bond donors (Lipinski definition) is 0. The van der Waals surface area contributed by atoms with Crippen LogP contribution in [0.3, 0.4) is 0 Å². The highest BCUT2D eigenvalue weighted by Gasteiger charge is 2.38. The molecule has 0 amide bonds. The van der Waals surface area contributed by atoms with Crippen LogP contribution in [-0.4, -0.2) is 55.2 Å². The van der Waals surface area contributed by atoms with Gasteiger partial charge in [0.05, 0.1) is 24.5 Å². The first-order chi connectivity index (χ1) is 11.5. The van der Waals surface area contributed by atoms with Crippen LogP contribution < -0.4 is 0 Å². The Balaban J connectivity index is 2.46. The van der Waals surface area contributed by atoms with Gasteiger partial charge in [-0.15, -0.1) is 0 Å². The van der Waals surface area contributed by atoms with Crippen LogP contribution in [0.2, 0.25) is 5.15 Å². The van der Waals surface area contributed by atoms with Gasteiger partial charge in [-0.3, -0.25) is 4.79 Å². The van der Waals surface area contributed by atoms with Crippen molar-refractivity contribution in [1.82, 2.24) is 9.88 Å². The monoisotopic (exact) mass is 354 g/mol. The van der Waals surface area contributed by atoms with E-state index >= 15 is 0 Å². The lowest BCUT2D eigenvalue weighted by Gasteiger charge is -2.23. The molecule has 0 N–H and O–H groups in total. The molecule has 1 aromatic heterocycles. The molecule has 1 aliphatic rings. The lowest BCUT2D eigenvalue weighted by atomic mass is 9.86. The van der Waals surface area contributed by atoms with Crippen LogP contribution in [-0.2, 0) is 14.3 Å². The van der Waals surface area contributed by atoms with Crippen LogP contribution in [0.25, 0.3) is 0 Å². The van der Waals surface area contributed by atoms with Crippen molar-refractivity contribution in [1.29, 1.82) is 0 Å². The Morgan fingerprint density at radius 1 is 1.33 bits per heavy atom. The molecule has 2 unspecified atom stereocenters. The van der Waals surface area contributed by atoms with Crippen LogP contribution >= 0.6 is 11.6 Å². The van der Waals surface area contributed by atoms with E-state index in [0.29, 0.717) is 5.69 Å². The summed E-state index contributed by atoms with van der Waals surface area (Å²) >= 11 is 6.03. The van der Waals surface area contributed by atoms with Gasteiger partial charge in [-0.05, 0) is 51.9 Å². The summed E-state index contributed by atoms with van der Waals surface area (Å²) in [5.74, 6) is -1.49. The van der Waals surface area contributed by atoms with Gasteiger partial charge in [-0.25, -0.2) is 9.78 Å². The molecule has 0 spiro atoms. The molecule has 0 aromatic carbocycles. The molecule has 6 nitrogen and oxygen atoms in total. The topological polar surface area (TPSA) is 68.7 Å². The zero-order valence-electron chi connectivity index (χ0n) is 14.3. The quantitative estimate of drug-likeness (QED) is 0.577. The van der Waals surface area contributed by atoms with Gasteiger partial charge in [0, 0.05) is 6.54 Å². The molecule has 2 rings (SSSR count). The molecule has 1 saturated heterocycles. The Labute approximate surface area is 147 Å². The fourth-order valence-electron chi connectivity index (χ4n) is 3.07. The molecular weight excluding hydrogens is 332 g/mol. The second-order valence-corrected chi connectivity index (χ2v) is 6.22. The number of nitrogens with zero attached hydrogens (tertiary/aromatic N) is 2. The van der Waals surface area contributed by atoms with Crippen molar-refractivity contribution in [3.05, 3.63) is 28.5 Å². The van der Waals surface area contributed by atoms with E-state index in [0.717, 1.165) is 19.5 Å². The summed E-state index contributed by atoms with van der Waals surface area (Å²) < 4.78 is 10.3.